The first kappa shape index (κ1) is 25.5. The maximum absolute atomic E-state index is 13.5. The molecule has 0 aliphatic carbocycles. The molecule has 1 aromatic carbocycles. The number of nitrogens with one attached hydrogen (secondary N) is 1. The second-order valence-electron chi connectivity index (χ2n) is 9.79. The molecule has 8 heteroatoms. The summed E-state index contributed by atoms with van der Waals surface area (Å²) in [6, 6.07) is 11.4. The highest BCUT2D eigenvalue weighted by Crippen LogP contribution is 2.30. The zero-order chi connectivity index (χ0) is 24.9. The Morgan fingerprint density at radius 3 is 2.57 bits per heavy atom. The van der Waals surface area contributed by atoms with Crippen LogP contribution in [0.3, 0.4) is 0 Å². The number of amides is 1. The summed E-state index contributed by atoms with van der Waals surface area (Å²) in [4.78, 5) is 17.6. The number of nitrogens with zero attached hydrogens (tertiary/aromatic N) is 4. The van der Waals surface area contributed by atoms with Gasteiger partial charge in [-0.3, -0.25) is 19.3 Å². The van der Waals surface area contributed by atoms with Crippen LogP contribution < -0.4 is 5.32 Å². The lowest BCUT2D eigenvalue weighted by molar-refractivity contribution is -0.114. The van der Waals surface area contributed by atoms with Crippen molar-refractivity contribution < 1.29 is 9.18 Å². The van der Waals surface area contributed by atoms with E-state index in [9.17, 15) is 9.18 Å². The summed E-state index contributed by atoms with van der Waals surface area (Å²) in [6.07, 6.45) is 5.28. The molecule has 188 valence electrons. The number of hydrogen-bond donors (Lipinski definition) is 1. The van der Waals surface area contributed by atoms with E-state index in [2.05, 4.69) is 46.4 Å². The van der Waals surface area contributed by atoms with E-state index in [1.54, 1.807) is 30.4 Å². The number of benzene rings is 1. The molecule has 0 radical (unpaired) electrons. The lowest BCUT2D eigenvalue weighted by atomic mass is 9.84. The summed E-state index contributed by atoms with van der Waals surface area (Å²) < 4.78 is 15.4. The van der Waals surface area contributed by atoms with Crippen molar-refractivity contribution in [3.05, 3.63) is 70.1 Å². The van der Waals surface area contributed by atoms with Gasteiger partial charge in [-0.2, -0.15) is 5.10 Å². The van der Waals surface area contributed by atoms with Gasteiger partial charge in [0.15, 0.2) is 0 Å². The fourth-order valence-electron chi connectivity index (χ4n) is 5.15. The van der Waals surface area contributed by atoms with Gasteiger partial charge >= 0.3 is 0 Å². The second-order valence-corrected chi connectivity index (χ2v) is 11.0. The Balaban J connectivity index is 1.41. The predicted molar refractivity (Wildman–Crippen MR) is 140 cm³/mol. The van der Waals surface area contributed by atoms with E-state index >= 15 is 0 Å². The fraction of sp³-hybridized carbons (Fsp3) is 0.481. The summed E-state index contributed by atoms with van der Waals surface area (Å²) in [5.74, 6) is 0.349. The number of anilines is 1. The molecule has 3 aromatic rings. The van der Waals surface area contributed by atoms with E-state index in [0.29, 0.717) is 12.0 Å². The highest BCUT2D eigenvalue weighted by molar-refractivity contribution is 7.16. The summed E-state index contributed by atoms with van der Waals surface area (Å²) in [6.45, 7) is 7.49. The molecule has 1 fully saturated rings. The van der Waals surface area contributed by atoms with Gasteiger partial charge in [0.25, 0.3) is 0 Å². The SMILES string of the molecule is CC(=O)Nc1ccc(CN2CCC([C@@H](Cc3ccc(F)cc3)N(C)Cc3cn(C)nc3C)CC2)s1. The second kappa shape index (κ2) is 11.5. The first-order valence-electron chi connectivity index (χ1n) is 12.3. The summed E-state index contributed by atoms with van der Waals surface area (Å²) in [5, 5.41) is 8.30. The molecular weight excluding hydrogens is 461 g/mol. The van der Waals surface area contributed by atoms with Crippen LogP contribution in [0.25, 0.3) is 0 Å². The minimum atomic E-state index is -0.187. The zero-order valence-corrected chi connectivity index (χ0v) is 21.9. The van der Waals surface area contributed by atoms with Crippen LogP contribution >= 0.6 is 11.3 Å². The molecule has 1 aliphatic rings. The first-order valence-corrected chi connectivity index (χ1v) is 13.1. The molecule has 0 saturated carbocycles. The number of carbonyl (C=O) groups excluding carboxylic acids is 1. The lowest BCUT2D eigenvalue weighted by Gasteiger charge is -2.40. The molecule has 1 amide bonds. The van der Waals surface area contributed by atoms with Gasteiger partial charge in [0, 0.05) is 49.7 Å². The summed E-state index contributed by atoms with van der Waals surface area (Å²) in [5.41, 5.74) is 3.51. The van der Waals surface area contributed by atoms with Crippen molar-refractivity contribution in [3.63, 3.8) is 0 Å². The van der Waals surface area contributed by atoms with Crippen LogP contribution in [-0.2, 0) is 31.4 Å². The van der Waals surface area contributed by atoms with Crippen molar-refractivity contribution in [1.29, 1.82) is 0 Å². The van der Waals surface area contributed by atoms with Gasteiger partial charge in [0.2, 0.25) is 5.91 Å². The number of likely N-dealkylation sites (N-methyl/N-ethyl adjacent to an activating group) is 1. The molecule has 0 bridgehead atoms. The molecule has 4 rings (SSSR count). The Morgan fingerprint density at radius 1 is 1.23 bits per heavy atom. The third-order valence-electron chi connectivity index (χ3n) is 6.98. The molecular formula is C27H36FN5OS. The molecule has 1 aliphatic heterocycles. The van der Waals surface area contributed by atoms with Gasteiger partial charge in [-0.25, -0.2) is 4.39 Å². The van der Waals surface area contributed by atoms with E-state index in [-0.39, 0.29) is 11.7 Å². The van der Waals surface area contributed by atoms with Gasteiger partial charge in [-0.1, -0.05) is 12.1 Å². The van der Waals surface area contributed by atoms with E-state index < -0.39 is 0 Å². The maximum Gasteiger partial charge on any atom is 0.221 e. The Morgan fingerprint density at radius 2 is 1.94 bits per heavy atom. The first-order chi connectivity index (χ1) is 16.8. The fourth-order valence-corrected chi connectivity index (χ4v) is 6.15. The zero-order valence-electron chi connectivity index (χ0n) is 21.1. The van der Waals surface area contributed by atoms with Crippen LogP contribution in [0.2, 0.25) is 0 Å². The van der Waals surface area contributed by atoms with Gasteiger partial charge in [-0.15, -0.1) is 11.3 Å². The van der Waals surface area contributed by atoms with Crippen LogP contribution in [-0.4, -0.2) is 51.7 Å². The molecule has 3 heterocycles. The highest BCUT2D eigenvalue weighted by Gasteiger charge is 2.30. The number of thiophene rings is 1. The largest absolute Gasteiger partial charge is 0.318 e. The van der Waals surface area contributed by atoms with Crippen LogP contribution in [0.1, 0.15) is 41.5 Å². The number of aromatic nitrogens is 2. The number of rotatable bonds is 9. The number of hydrogen-bond acceptors (Lipinski definition) is 5. The Labute approximate surface area is 211 Å². The smallest absolute Gasteiger partial charge is 0.221 e. The summed E-state index contributed by atoms with van der Waals surface area (Å²) in [7, 11) is 4.18. The van der Waals surface area contributed by atoms with E-state index in [1.807, 2.05) is 29.9 Å². The average Bonchev–Trinajstić information content (AvgIpc) is 3.38. The van der Waals surface area contributed by atoms with Gasteiger partial charge < -0.3 is 5.32 Å². The van der Waals surface area contributed by atoms with Crippen molar-refractivity contribution in [3.8, 4) is 0 Å². The number of carbonyl (C=O) groups is 1. The summed E-state index contributed by atoms with van der Waals surface area (Å²) >= 11 is 1.65. The Bertz CT molecular complexity index is 1120. The average molecular weight is 498 g/mol. The minimum Gasteiger partial charge on any atom is -0.318 e. The number of piperidine rings is 1. The molecule has 2 aromatic heterocycles. The van der Waals surface area contributed by atoms with Gasteiger partial charge in [-0.05, 0) is 82.1 Å². The van der Waals surface area contributed by atoms with E-state index in [0.717, 1.165) is 56.1 Å². The molecule has 0 unspecified atom stereocenters. The third kappa shape index (κ3) is 6.99. The van der Waals surface area contributed by atoms with Crippen molar-refractivity contribution in [2.75, 3.05) is 25.5 Å². The molecule has 1 saturated heterocycles. The molecule has 35 heavy (non-hydrogen) atoms. The standard InChI is InChI=1S/C27H36FN5OS/c1-19-23(17-32(4)30-19)16-31(3)26(15-21-5-7-24(28)8-6-21)22-11-13-33(14-12-22)18-25-9-10-27(35-25)29-20(2)34/h5-10,17,22,26H,11-16,18H2,1-4H3,(H,29,34)/t26-/m1/s1. The van der Waals surface area contributed by atoms with Crippen LogP contribution in [0.4, 0.5) is 9.39 Å². The number of likely N-dealkylation sites (tertiary alicyclic amines) is 1. The van der Waals surface area contributed by atoms with Crippen LogP contribution in [0.5, 0.6) is 0 Å². The highest BCUT2D eigenvalue weighted by atomic mass is 32.1. The lowest BCUT2D eigenvalue weighted by Crippen LogP contribution is -2.44. The molecule has 6 nitrogen and oxygen atoms in total. The normalized spacial score (nSPS) is 16.1. The monoisotopic (exact) mass is 497 g/mol. The number of halogens is 1. The van der Waals surface area contributed by atoms with Crippen molar-refractivity contribution in [2.24, 2.45) is 13.0 Å². The van der Waals surface area contributed by atoms with E-state index in [1.165, 1.54) is 16.0 Å². The van der Waals surface area contributed by atoms with Gasteiger partial charge in [0.1, 0.15) is 5.82 Å². The topological polar surface area (TPSA) is 53.4 Å². The van der Waals surface area contributed by atoms with Crippen LogP contribution in [0, 0.1) is 18.7 Å². The van der Waals surface area contributed by atoms with E-state index in [4.69, 9.17) is 0 Å². The molecule has 1 N–H and O–H groups in total. The number of aryl methyl sites for hydroxylation is 2. The van der Waals surface area contributed by atoms with Gasteiger partial charge in [0.05, 0.1) is 10.7 Å². The van der Waals surface area contributed by atoms with Crippen molar-refractivity contribution in [1.82, 2.24) is 19.6 Å². The van der Waals surface area contributed by atoms with Crippen LogP contribution in [0.15, 0.2) is 42.6 Å². The van der Waals surface area contributed by atoms with Crippen molar-refractivity contribution in [2.45, 2.75) is 52.2 Å². The quantitative estimate of drug-likeness (QED) is 0.460. The van der Waals surface area contributed by atoms with Crippen molar-refractivity contribution >= 4 is 22.2 Å². The molecule has 0 spiro atoms. The Kier molecular flexibility index (Phi) is 8.36. The maximum atomic E-state index is 13.5. The third-order valence-corrected chi connectivity index (χ3v) is 7.96. The minimum absolute atomic E-state index is 0.0305. The predicted octanol–water partition coefficient (Wildman–Crippen LogP) is 4.84. The Hall–Kier alpha value is -2.55. The molecule has 1 atom stereocenters.